The van der Waals surface area contributed by atoms with E-state index in [1.165, 1.54) is 0 Å². The van der Waals surface area contributed by atoms with Crippen molar-refractivity contribution in [3.8, 4) is 5.82 Å². The molecule has 0 amide bonds. The lowest BCUT2D eigenvalue weighted by atomic mass is 10.2. The van der Waals surface area contributed by atoms with Crippen LogP contribution in [0.2, 0.25) is 0 Å². The maximum absolute atomic E-state index is 5.66. The van der Waals surface area contributed by atoms with Crippen LogP contribution in [0, 0.1) is 20.8 Å². The minimum Gasteiger partial charge on any atom is -0.397 e. The zero-order valence-electron chi connectivity index (χ0n) is 9.15. The standard InChI is InChI=1S/C11H14N4/c1-7-4-10(12)5-13-11(7)15-6-14-8(2)9(15)3/h4-6H,12H2,1-3H3. The van der Waals surface area contributed by atoms with Crippen LogP contribution in [0.15, 0.2) is 18.6 Å². The zero-order valence-corrected chi connectivity index (χ0v) is 9.15. The van der Waals surface area contributed by atoms with Crippen LogP contribution in [-0.2, 0) is 0 Å². The first-order chi connectivity index (χ1) is 7.09. The number of hydrogen-bond donors (Lipinski definition) is 1. The van der Waals surface area contributed by atoms with Gasteiger partial charge in [-0.25, -0.2) is 9.97 Å². The summed E-state index contributed by atoms with van der Waals surface area (Å²) in [4.78, 5) is 8.57. The van der Waals surface area contributed by atoms with Gasteiger partial charge in [0.2, 0.25) is 0 Å². The van der Waals surface area contributed by atoms with Crippen molar-refractivity contribution in [2.45, 2.75) is 20.8 Å². The molecule has 0 radical (unpaired) electrons. The second-order valence-corrected chi connectivity index (χ2v) is 3.69. The number of aryl methyl sites for hydroxylation is 2. The molecular formula is C11H14N4. The molecule has 0 atom stereocenters. The fraction of sp³-hybridized carbons (Fsp3) is 0.273. The number of rotatable bonds is 1. The normalized spacial score (nSPS) is 10.6. The molecule has 2 aromatic heterocycles. The van der Waals surface area contributed by atoms with E-state index in [9.17, 15) is 0 Å². The minimum atomic E-state index is 0.686. The Kier molecular flexibility index (Phi) is 2.19. The predicted octanol–water partition coefficient (Wildman–Crippen LogP) is 1.77. The first kappa shape index (κ1) is 9.71. The van der Waals surface area contributed by atoms with E-state index in [2.05, 4.69) is 9.97 Å². The molecule has 2 N–H and O–H groups in total. The molecule has 15 heavy (non-hydrogen) atoms. The Hall–Kier alpha value is -1.84. The lowest BCUT2D eigenvalue weighted by molar-refractivity contribution is 0.937. The highest BCUT2D eigenvalue weighted by atomic mass is 15.1. The molecule has 0 saturated carbocycles. The van der Waals surface area contributed by atoms with Crippen molar-refractivity contribution in [1.82, 2.24) is 14.5 Å². The minimum absolute atomic E-state index is 0.686. The van der Waals surface area contributed by atoms with Gasteiger partial charge in [0.05, 0.1) is 17.6 Å². The Morgan fingerprint density at radius 1 is 1.20 bits per heavy atom. The van der Waals surface area contributed by atoms with Crippen molar-refractivity contribution in [3.63, 3.8) is 0 Å². The molecule has 0 unspecified atom stereocenters. The summed E-state index contributed by atoms with van der Waals surface area (Å²) in [6, 6.07) is 1.91. The molecule has 4 nitrogen and oxygen atoms in total. The van der Waals surface area contributed by atoms with Crippen LogP contribution >= 0.6 is 0 Å². The number of nitrogens with zero attached hydrogens (tertiary/aromatic N) is 3. The smallest absolute Gasteiger partial charge is 0.141 e. The van der Waals surface area contributed by atoms with E-state index in [1.807, 2.05) is 31.4 Å². The van der Waals surface area contributed by atoms with Crippen LogP contribution in [0.3, 0.4) is 0 Å². The van der Waals surface area contributed by atoms with Crippen molar-refractivity contribution < 1.29 is 0 Å². The molecule has 0 saturated heterocycles. The second-order valence-electron chi connectivity index (χ2n) is 3.69. The molecule has 0 aliphatic rings. The first-order valence-corrected chi connectivity index (χ1v) is 4.82. The topological polar surface area (TPSA) is 56.7 Å². The number of pyridine rings is 1. The Morgan fingerprint density at radius 3 is 2.47 bits per heavy atom. The number of imidazole rings is 1. The molecule has 2 rings (SSSR count). The summed E-state index contributed by atoms with van der Waals surface area (Å²) in [5.74, 6) is 0.891. The van der Waals surface area contributed by atoms with Crippen LogP contribution in [0.4, 0.5) is 5.69 Å². The van der Waals surface area contributed by atoms with Crippen molar-refractivity contribution in [3.05, 3.63) is 35.5 Å². The van der Waals surface area contributed by atoms with E-state index in [4.69, 9.17) is 5.73 Å². The molecule has 0 bridgehead atoms. The van der Waals surface area contributed by atoms with Gasteiger partial charge in [0, 0.05) is 5.69 Å². The van der Waals surface area contributed by atoms with Crippen molar-refractivity contribution in [2.75, 3.05) is 5.73 Å². The van der Waals surface area contributed by atoms with E-state index in [0.717, 1.165) is 22.8 Å². The summed E-state index contributed by atoms with van der Waals surface area (Å²) in [5, 5.41) is 0. The maximum Gasteiger partial charge on any atom is 0.141 e. The van der Waals surface area contributed by atoms with Crippen molar-refractivity contribution in [2.24, 2.45) is 0 Å². The third kappa shape index (κ3) is 1.58. The average Bonchev–Trinajstić information content (AvgIpc) is 2.49. The highest BCUT2D eigenvalue weighted by Gasteiger charge is 2.07. The van der Waals surface area contributed by atoms with Gasteiger partial charge in [-0.15, -0.1) is 0 Å². The highest BCUT2D eigenvalue weighted by molar-refractivity contribution is 5.45. The number of nitrogen functional groups attached to an aromatic ring is 1. The summed E-state index contributed by atoms with van der Waals surface area (Å²) in [5.41, 5.74) is 9.53. The van der Waals surface area contributed by atoms with Gasteiger partial charge in [-0.3, -0.25) is 4.57 Å². The second kappa shape index (κ2) is 3.38. The quantitative estimate of drug-likeness (QED) is 0.766. The van der Waals surface area contributed by atoms with Crippen LogP contribution in [0.5, 0.6) is 0 Å². The fourth-order valence-corrected chi connectivity index (χ4v) is 1.55. The van der Waals surface area contributed by atoms with Gasteiger partial charge >= 0.3 is 0 Å². The Morgan fingerprint density at radius 2 is 1.93 bits per heavy atom. The highest BCUT2D eigenvalue weighted by Crippen LogP contribution is 2.16. The molecule has 2 aromatic rings. The van der Waals surface area contributed by atoms with Gasteiger partial charge < -0.3 is 5.73 Å². The third-order valence-corrected chi connectivity index (χ3v) is 2.55. The molecule has 0 aromatic carbocycles. The SMILES string of the molecule is Cc1cc(N)cnc1-n1cnc(C)c1C. The number of anilines is 1. The molecule has 0 fully saturated rings. The van der Waals surface area contributed by atoms with Gasteiger partial charge in [-0.05, 0) is 32.4 Å². The van der Waals surface area contributed by atoms with Gasteiger partial charge in [0.15, 0.2) is 0 Å². The van der Waals surface area contributed by atoms with Gasteiger partial charge in [0.1, 0.15) is 12.1 Å². The molecule has 2 heterocycles. The summed E-state index contributed by atoms with van der Waals surface area (Å²) in [7, 11) is 0. The Bertz CT molecular complexity index is 499. The lowest BCUT2D eigenvalue weighted by Gasteiger charge is -2.08. The van der Waals surface area contributed by atoms with E-state index in [-0.39, 0.29) is 0 Å². The molecule has 4 heteroatoms. The Balaban J connectivity index is 2.59. The maximum atomic E-state index is 5.66. The summed E-state index contributed by atoms with van der Waals surface area (Å²) < 4.78 is 1.98. The van der Waals surface area contributed by atoms with Gasteiger partial charge in [0.25, 0.3) is 0 Å². The number of hydrogen-bond acceptors (Lipinski definition) is 3. The van der Waals surface area contributed by atoms with Crippen LogP contribution in [0.25, 0.3) is 5.82 Å². The van der Waals surface area contributed by atoms with Crippen molar-refractivity contribution >= 4 is 5.69 Å². The molecular weight excluding hydrogens is 188 g/mol. The number of nitrogens with two attached hydrogens (primary N) is 1. The molecule has 78 valence electrons. The van der Waals surface area contributed by atoms with Crippen LogP contribution in [0.1, 0.15) is 17.0 Å². The van der Waals surface area contributed by atoms with Gasteiger partial charge in [-0.2, -0.15) is 0 Å². The first-order valence-electron chi connectivity index (χ1n) is 4.82. The summed E-state index contributed by atoms with van der Waals surface area (Å²) in [6.45, 7) is 6.01. The van der Waals surface area contributed by atoms with Gasteiger partial charge in [-0.1, -0.05) is 0 Å². The monoisotopic (exact) mass is 202 g/mol. The van der Waals surface area contributed by atoms with Crippen LogP contribution in [-0.4, -0.2) is 14.5 Å². The molecule has 0 aliphatic carbocycles. The van der Waals surface area contributed by atoms with Crippen molar-refractivity contribution in [1.29, 1.82) is 0 Å². The zero-order chi connectivity index (χ0) is 11.0. The van der Waals surface area contributed by atoms with E-state index in [0.29, 0.717) is 5.69 Å². The molecule has 0 spiro atoms. The van der Waals surface area contributed by atoms with E-state index < -0.39 is 0 Å². The predicted molar refractivity (Wildman–Crippen MR) is 60.0 cm³/mol. The lowest BCUT2D eigenvalue weighted by Crippen LogP contribution is -2.02. The van der Waals surface area contributed by atoms with E-state index in [1.54, 1.807) is 12.5 Å². The number of aromatic nitrogens is 3. The average molecular weight is 202 g/mol. The van der Waals surface area contributed by atoms with E-state index >= 15 is 0 Å². The largest absolute Gasteiger partial charge is 0.397 e. The fourth-order valence-electron chi connectivity index (χ4n) is 1.55. The Labute approximate surface area is 88.8 Å². The molecule has 0 aliphatic heterocycles. The summed E-state index contributed by atoms with van der Waals surface area (Å²) in [6.07, 6.45) is 3.45. The summed E-state index contributed by atoms with van der Waals surface area (Å²) >= 11 is 0. The van der Waals surface area contributed by atoms with Crippen LogP contribution < -0.4 is 5.73 Å². The third-order valence-electron chi connectivity index (χ3n) is 2.55.